The zero-order valence-electron chi connectivity index (χ0n) is 33.4. The van der Waals surface area contributed by atoms with Crippen molar-refractivity contribution in [1.82, 2.24) is 0 Å². The molecule has 8 N–H and O–H groups in total. The third kappa shape index (κ3) is 15.0. The summed E-state index contributed by atoms with van der Waals surface area (Å²) in [7, 11) is -21.7. The molecule has 0 aliphatic carbocycles. The maximum atomic E-state index is 12.9. The minimum atomic E-state index is -5.26. The highest BCUT2D eigenvalue weighted by Crippen LogP contribution is 2.48. The van der Waals surface area contributed by atoms with Gasteiger partial charge in [-0.25, -0.2) is 27.4 Å². The van der Waals surface area contributed by atoms with Crippen LogP contribution in [0.5, 0.6) is 5.75 Å². The summed E-state index contributed by atoms with van der Waals surface area (Å²) < 4.78 is 178. The van der Waals surface area contributed by atoms with Crippen molar-refractivity contribution < 1.29 is 98.1 Å². The summed E-state index contributed by atoms with van der Waals surface area (Å²) >= 11 is 0.150. The molecule has 4 rings (SSSR count). The Bertz CT molecular complexity index is 3120. The maximum Gasteiger partial charge on any atom is 0.296 e. The monoisotopic (exact) mass is 1080 g/mol. The minimum absolute atomic E-state index is 0.0158. The van der Waals surface area contributed by atoms with E-state index in [0.717, 1.165) is 42.5 Å². The molecule has 0 fully saturated rings. The van der Waals surface area contributed by atoms with Crippen molar-refractivity contribution in [3.8, 4) is 5.75 Å². The van der Waals surface area contributed by atoms with Gasteiger partial charge < -0.3 is 15.8 Å². The van der Waals surface area contributed by atoms with Crippen LogP contribution in [0.4, 0.5) is 45.5 Å². The smallest absolute Gasteiger partial charge is 0.296 e. The van der Waals surface area contributed by atoms with Gasteiger partial charge in [0.25, 0.3) is 30.4 Å². The van der Waals surface area contributed by atoms with Gasteiger partial charge in [0.15, 0.2) is 44.3 Å². The Morgan fingerprint density at radius 3 is 1.39 bits per heavy atom. The van der Waals surface area contributed by atoms with E-state index in [0.29, 0.717) is 12.1 Å². The number of benzene rings is 4. The van der Waals surface area contributed by atoms with Gasteiger partial charge in [0, 0.05) is 13.1 Å². The molecule has 4 aromatic carbocycles. The van der Waals surface area contributed by atoms with Crippen molar-refractivity contribution in [2.45, 2.75) is 24.5 Å². The predicted octanol–water partition coefficient (Wildman–Crippen LogP) is 5.85. The molecule has 0 radical (unpaired) electrons. The summed E-state index contributed by atoms with van der Waals surface area (Å²) in [5, 5.41) is 49.1. The van der Waals surface area contributed by atoms with Crippen molar-refractivity contribution in [1.29, 1.82) is 0 Å². The van der Waals surface area contributed by atoms with Crippen LogP contribution in [0.25, 0.3) is 0 Å². The number of rotatable bonds is 25. The van der Waals surface area contributed by atoms with E-state index in [2.05, 4.69) is 54.7 Å². The molecule has 0 saturated carbocycles. The van der Waals surface area contributed by atoms with E-state index in [9.17, 15) is 55.7 Å². The first kappa shape index (κ1) is 54.7. The molecule has 366 valence electrons. The number of nitrogen functional groups attached to an aromatic ring is 1. The summed E-state index contributed by atoms with van der Waals surface area (Å²) in [5.41, 5.74) is 2.57. The van der Waals surface area contributed by atoms with Crippen LogP contribution in [0, 0.1) is 0 Å². The Morgan fingerprint density at radius 2 is 0.970 bits per heavy atom. The number of ether oxygens (including phenoxy) is 1. The Hall–Kier alpha value is -4.91. The first-order valence-electron chi connectivity index (χ1n) is 17.1. The van der Waals surface area contributed by atoms with Gasteiger partial charge in [-0.15, -0.1) is 39.4 Å². The summed E-state index contributed by atoms with van der Waals surface area (Å²) in [6.45, 7) is -1.12. The van der Waals surface area contributed by atoms with Crippen molar-refractivity contribution in [3.05, 3.63) is 60.7 Å². The lowest BCUT2D eigenvalue weighted by atomic mass is 10.1. The van der Waals surface area contributed by atoms with Gasteiger partial charge in [0.05, 0.1) is 53.0 Å². The highest BCUT2D eigenvalue weighted by molar-refractivity contribution is 7.92. The lowest BCUT2D eigenvalue weighted by molar-refractivity contribution is -0.434. The summed E-state index contributed by atoms with van der Waals surface area (Å²) in [6.07, 6.45) is 0. The van der Waals surface area contributed by atoms with Gasteiger partial charge in [-0.3, -0.25) is 22.0 Å². The van der Waals surface area contributed by atoms with Crippen LogP contribution >= 0.6 is 24.6 Å². The number of nitrogens with one attached hydrogen (secondary N) is 1. The van der Waals surface area contributed by atoms with E-state index in [1.54, 1.807) is 0 Å². The van der Waals surface area contributed by atoms with Crippen LogP contribution in [-0.4, -0.2) is 105 Å². The number of anilines is 2. The van der Waals surface area contributed by atoms with Gasteiger partial charge in [0.2, 0.25) is 0 Å². The standard InChI is InChI=1S/C30H32N8O22S7/c1-32-29-24(37-34-22-8-5-19(15-27(22)67(51,52)53)64(43,44)12-10-56-62-60-58-40)16-23(28(31)30(29)38-35-20-6-3-17(54-2)13-25(20)65(45,46)47)36-33-21-7-4-18(14-26(21)66(48,49)50)63(41,42)11-9-55-61-59-57-39/h3-8,13-16,32,39-40H,9-12,31H2,1-2H3,(H,45,46,47)(H,48,49,50)(H,51,52,53)/b36-33+,37-34+,38-35+. The van der Waals surface area contributed by atoms with Gasteiger partial charge in [-0.05, 0) is 54.6 Å². The van der Waals surface area contributed by atoms with E-state index >= 15 is 0 Å². The highest BCUT2D eigenvalue weighted by atomic mass is 32.2. The number of azo groups is 3. The molecule has 0 aliphatic rings. The normalized spacial score (nSPS) is 13.0. The molecular formula is C30H32N8O22S7. The number of methoxy groups -OCH3 is 1. The molecule has 0 bridgehead atoms. The maximum absolute atomic E-state index is 12.9. The van der Waals surface area contributed by atoms with Crippen LogP contribution in [-0.2, 0) is 77.1 Å². The zero-order chi connectivity index (χ0) is 49.8. The summed E-state index contributed by atoms with van der Waals surface area (Å²) in [6, 6.07) is 8.85. The lowest BCUT2D eigenvalue weighted by Gasteiger charge is -2.13. The average Bonchev–Trinajstić information content (AvgIpc) is 3.26. The van der Waals surface area contributed by atoms with Crippen molar-refractivity contribution in [3.63, 3.8) is 0 Å². The predicted molar refractivity (Wildman–Crippen MR) is 229 cm³/mol. The molecule has 0 unspecified atom stereocenters. The fraction of sp³-hybridized carbons (Fsp3) is 0.200. The Balaban J connectivity index is 1.92. The van der Waals surface area contributed by atoms with E-state index in [4.69, 9.17) is 29.4 Å². The topological polar surface area (TPSA) is 449 Å². The largest absolute Gasteiger partial charge is 0.497 e. The molecule has 4 aromatic rings. The van der Waals surface area contributed by atoms with E-state index < -0.39 is 133 Å². The minimum Gasteiger partial charge on any atom is -0.497 e. The molecule has 30 nitrogen and oxygen atoms in total. The molecule has 0 spiro atoms. The van der Waals surface area contributed by atoms with Crippen LogP contribution in [0.15, 0.2) is 116 Å². The molecule has 0 heterocycles. The third-order valence-corrected chi connectivity index (χ3v) is 14.8. The molecule has 67 heavy (non-hydrogen) atoms. The Labute approximate surface area is 387 Å². The molecule has 0 aliphatic heterocycles. The second-order valence-corrected chi connectivity index (χ2v) is 21.5. The van der Waals surface area contributed by atoms with Crippen molar-refractivity contribution in [2.24, 2.45) is 30.7 Å². The molecule has 0 amide bonds. The lowest BCUT2D eigenvalue weighted by Crippen LogP contribution is -2.12. The van der Waals surface area contributed by atoms with Crippen molar-refractivity contribution >= 4 is 120 Å². The second kappa shape index (κ2) is 23.4. The van der Waals surface area contributed by atoms with Crippen LogP contribution in [0.1, 0.15) is 0 Å². The molecular weight excluding hydrogens is 1050 g/mol. The molecule has 0 aromatic heterocycles. The number of nitrogens with two attached hydrogens (primary N) is 1. The van der Waals surface area contributed by atoms with E-state index in [1.807, 2.05) is 0 Å². The molecule has 37 heteroatoms. The van der Waals surface area contributed by atoms with Crippen LogP contribution in [0.3, 0.4) is 0 Å². The highest BCUT2D eigenvalue weighted by Gasteiger charge is 2.25. The summed E-state index contributed by atoms with van der Waals surface area (Å²) in [5.74, 6) is -1.55. The average molecular weight is 1080 g/mol. The molecule has 0 saturated heterocycles. The van der Waals surface area contributed by atoms with Gasteiger partial charge in [0.1, 0.15) is 54.6 Å². The molecule has 0 atom stereocenters. The fourth-order valence-electron chi connectivity index (χ4n) is 5.01. The van der Waals surface area contributed by atoms with Gasteiger partial charge >= 0.3 is 0 Å². The first-order valence-corrected chi connectivity index (χ1v) is 26.1. The van der Waals surface area contributed by atoms with Crippen LogP contribution < -0.4 is 15.8 Å². The fourth-order valence-corrected chi connectivity index (χ4v) is 9.96. The Morgan fingerprint density at radius 1 is 0.567 bits per heavy atom. The number of hydrogen-bond donors (Lipinski definition) is 7. The third-order valence-electron chi connectivity index (χ3n) is 8.00. The van der Waals surface area contributed by atoms with Gasteiger partial charge in [-0.2, -0.15) is 25.3 Å². The summed E-state index contributed by atoms with van der Waals surface area (Å²) in [4.78, 5) is -4.20. The van der Waals surface area contributed by atoms with E-state index in [1.165, 1.54) is 20.2 Å². The number of sulfone groups is 2. The Kier molecular flexibility index (Phi) is 19.1. The van der Waals surface area contributed by atoms with Crippen molar-refractivity contribution in [2.75, 3.05) is 49.9 Å². The zero-order valence-corrected chi connectivity index (χ0v) is 39.1. The quantitative estimate of drug-likeness (QED) is 0.00777. The van der Waals surface area contributed by atoms with Gasteiger partial charge in [-0.1, -0.05) is 10.1 Å². The number of nitrogens with zero attached hydrogens (tertiary/aromatic N) is 6. The first-order chi connectivity index (χ1) is 31.4. The number of hydrogen-bond acceptors (Lipinski definition) is 29. The second-order valence-electron chi connectivity index (χ2n) is 12.1. The van der Waals surface area contributed by atoms with E-state index in [-0.39, 0.29) is 41.8 Å². The van der Waals surface area contributed by atoms with Crippen LogP contribution in [0.2, 0.25) is 0 Å². The SMILES string of the molecule is CNc1c(/N=N/c2ccc(S(=O)(=O)CCOSOOO)cc2S(=O)(=O)O)cc(/N=N/c2ccc(S(=O)(=O)CCOSOOO)cc2S(=O)(=O)O)c(N)c1/N=N/c1ccc(OC)cc1S(=O)(=O)O.